The van der Waals surface area contributed by atoms with E-state index in [1.54, 1.807) is 0 Å². The van der Waals surface area contributed by atoms with E-state index in [2.05, 4.69) is 41.4 Å². The lowest BCUT2D eigenvalue weighted by Gasteiger charge is -2.07. The largest absolute Gasteiger partial charge is 0.303 e. The lowest BCUT2D eigenvalue weighted by Crippen LogP contribution is -2.01. The molecule has 108 valence electrons. The van der Waals surface area contributed by atoms with Gasteiger partial charge in [0.15, 0.2) is 0 Å². The third-order valence-corrected chi connectivity index (χ3v) is 3.43. The molecule has 0 radical (unpaired) electrons. The number of rotatable bonds is 4. The monoisotopic (exact) mass is 279 g/mol. The number of aldehydes is 1. The van der Waals surface area contributed by atoms with Gasteiger partial charge in [0, 0.05) is 19.2 Å². The molecule has 0 fully saturated rings. The molecule has 1 heterocycles. The van der Waals surface area contributed by atoms with Gasteiger partial charge in [0.05, 0.1) is 0 Å². The van der Waals surface area contributed by atoms with Crippen LogP contribution in [0.5, 0.6) is 0 Å². The number of unbranched alkanes of at least 4 members (excludes halogenated alkanes) is 1. The van der Waals surface area contributed by atoms with Crippen LogP contribution < -0.4 is 0 Å². The molecule has 2 aromatic rings. The lowest BCUT2D eigenvalue weighted by atomic mass is 10.0. The zero-order valence-corrected chi connectivity index (χ0v) is 12.2. The van der Waals surface area contributed by atoms with Gasteiger partial charge >= 0.3 is 0 Å². The molecule has 21 heavy (non-hydrogen) atoms. The van der Waals surface area contributed by atoms with Crippen LogP contribution in [0.4, 0.5) is 0 Å². The Hall–Kier alpha value is -2.22. The van der Waals surface area contributed by atoms with Crippen LogP contribution in [0.25, 0.3) is 0 Å². The molecule has 2 heteroatoms. The van der Waals surface area contributed by atoms with Gasteiger partial charge in [0.2, 0.25) is 0 Å². The highest BCUT2D eigenvalue weighted by atomic mass is 16.1. The van der Waals surface area contributed by atoms with Crippen molar-refractivity contribution in [1.29, 1.82) is 0 Å². The molecular formula is C19H21NO. The van der Waals surface area contributed by atoms with Gasteiger partial charge in [-0.15, -0.1) is 0 Å². The van der Waals surface area contributed by atoms with E-state index in [1.165, 1.54) is 16.7 Å². The predicted molar refractivity (Wildman–Crippen MR) is 88.1 cm³/mol. The van der Waals surface area contributed by atoms with E-state index in [0.29, 0.717) is 6.42 Å². The van der Waals surface area contributed by atoms with Crippen LogP contribution in [0, 0.1) is 0 Å². The third kappa shape index (κ3) is 5.35. The Morgan fingerprint density at radius 3 is 2.52 bits per heavy atom. The molecule has 0 atom stereocenters. The number of fused-ring (bicyclic) bond motifs is 1. The summed E-state index contributed by atoms with van der Waals surface area (Å²) in [6.45, 7) is 0.955. The molecule has 2 aromatic carbocycles. The first-order chi connectivity index (χ1) is 10.4. The fourth-order valence-electron chi connectivity index (χ4n) is 2.27. The molecule has 0 bridgehead atoms. The van der Waals surface area contributed by atoms with Crippen LogP contribution >= 0.6 is 0 Å². The summed E-state index contributed by atoms with van der Waals surface area (Å²) < 4.78 is 0. The summed E-state index contributed by atoms with van der Waals surface area (Å²) in [7, 11) is 0. The number of aryl methyl sites for hydroxylation is 1. The number of carbonyl (C=O) groups is 1. The van der Waals surface area contributed by atoms with E-state index in [4.69, 9.17) is 0 Å². The van der Waals surface area contributed by atoms with Crippen molar-refractivity contribution in [2.45, 2.75) is 25.7 Å². The first kappa shape index (κ1) is 15.2. The van der Waals surface area contributed by atoms with Crippen LogP contribution in [-0.4, -0.2) is 19.0 Å². The molecule has 0 amide bonds. The number of aliphatic imine (C=N–C) groups is 1. The average molecular weight is 279 g/mol. The second kappa shape index (κ2) is 8.85. The van der Waals surface area contributed by atoms with Crippen molar-refractivity contribution in [1.82, 2.24) is 0 Å². The second-order valence-corrected chi connectivity index (χ2v) is 5.03. The van der Waals surface area contributed by atoms with Crippen molar-refractivity contribution in [3.8, 4) is 0 Å². The van der Waals surface area contributed by atoms with Gasteiger partial charge in [-0.3, -0.25) is 4.99 Å². The van der Waals surface area contributed by atoms with E-state index >= 15 is 0 Å². The van der Waals surface area contributed by atoms with E-state index in [0.717, 1.165) is 32.1 Å². The smallest absolute Gasteiger partial charge is 0.120 e. The average Bonchev–Trinajstić information content (AvgIpc) is 2.57. The number of nitrogens with zero attached hydrogens (tertiary/aromatic N) is 1. The van der Waals surface area contributed by atoms with Crippen LogP contribution in [-0.2, 0) is 17.6 Å². The van der Waals surface area contributed by atoms with Gasteiger partial charge in [0.25, 0.3) is 0 Å². The minimum Gasteiger partial charge on any atom is -0.303 e. The van der Waals surface area contributed by atoms with Gasteiger partial charge in [-0.05, 0) is 36.0 Å². The molecule has 3 rings (SSSR count). The minimum atomic E-state index is 0.675. The van der Waals surface area contributed by atoms with Crippen molar-refractivity contribution in [3.63, 3.8) is 0 Å². The van der Waals surface area contributed by atoms with E-state index < -0.39 is 0 Å². The maximum atomic E-state index is 10.00. The molecule has 1 aliphatic rings. The van der Waals surface area contributed by atoms with Gasteiger partial charge < -0.3 is 4.79 Å². The number of benzene rings is 2. The number of hydrogen-bond acceptors (Lipinski definition) is 2. The van der Waals surface area contributed by atoms with Crippen molar-refractivity contribution < 1.29 is 4.79 Å². The maximum absolute atomic E-state index is 10.00. The summed E-state index contributed by atoms with van der Waals surface area (Å²) in [5, 5.41) is 0. The first-order valence-electron chi connectivity index (χ1n) is 7.45. The molecule has 0 saturated carbocycles. The van der Waals surface area contributed by atoms with E-state index in [-0.39, 0.29) is 0 Å². The summed E-state index contributed by atoms with van der Waals surface area (Å²) >= 11 is 0. The van der Waals surface area contributed by atoms with Crippen LogP contribution in [0.1, 0.15) is 29.5 Å². The Labute approximate surface area is 126 Å². The van der Waals surface area contributed by atoms with Crippen molar-refractivity contribution in [3.05, 3.63) is 71.3 Å². The Kier molecular flexibility index (Phi) is 6.40. The molecule has 0 unspecified atom stereocenters. The Morgan fingerprint density at radius 2 is 1.76 bits per heavy atom. The normalized spacial score (nSPS) is 12.0. The van der Waals surface area contributed by atoms with Crippen molar-refractivity contribution in [2.24, 2.45) is 4.99 Å². The SMILES string of the molecule is C1=NCCc2ccccc21.O=CCCCc1ccccc1. The number of hydrogen-bond donors (Lipinski definition) is 0. The summed E-state index contributed by atoms with van der Waals surface area (Å²) in [5.74, 6) is 0. The maximum Gasteiger partial charge on any atom is 0.120 e. The molecule has 1 aliphatic heterocycles. The van der Waals surface area contributed by atoms with Crippen molar-refractivity contribution >= 4 is 12.5 Å². The highest BCUT2D eigenvalue weighted by molar-refractivity contribution is 5.82. The molecule has 0 saturated heterocycles. The summed E-state index contributed by atoms with van der Waals surface area (Å²) in [5.41, 5.74) is 4.03. The first-order valence-corrected chi connectivity index (χ1v) is 7.45. The van der Waals surface area contributed by atoms with Crippen LogP contribution in [0.2, 0.25) is 0 Å². The standard InChI is InChI=1S/C10H12O.C9H9N/c11-9-5-4-8-10-6-2-1-3-7-10;1-2-4-9-7-10-6-5-8(9)3-1/h1-3,6-7,9H,4-5,8H2;1-4,7H,5-6H2. The van der Waals surface area contributed by atoms with Crippen molar-refractivity contribution in [2.75, 3.05) is 6.54 Å². The summed E-state index contributed by atoms with van der Waals surface area (Å²) in [6.07, 6.45) is 6.69. The van der Waals surface area contributed by atoms with Gasteiger partial charge in [-0.25, -0.2) is 0 Å². The fourth-order valence-corrected chi connectivity index (χ4v) is 2.27. The molecular weight excluding hydrogens is 258 g/mol. The Bertz CT molecular complexity index is 575. The lowest BCUT2D eigenvalue weighted by molar-refractivity contribution is -0.107. The van der Waals surface area contributed by atoms with Gasteiger partial charge in [0.1, 0.15) is 6.29 Å². The topological polar surface area (TPSA) is 29.4 Å². The van der Waals surface area contributed by atoms with Gasteiger partial charge in [-0.2, -0.15) is 0 Å². The molecule has 0 N–H and O–H groups in total. The third-order valence-electron chi connectivity index (χ3n) is 3.43. The van der Waals surface area contributed by atoms with E-state index in [9.17, 15) is 4.79 Å². The Balaban J connectivity index is 0.000000154. The fraction of sp³-hybridized carbons (Fsp3) is 0.263. The van der Waals surface area contributed by atoms with Crippen LogP contribution in [0.3, 0.4) is 0 Å². The molecule has 0 spiro atoms. The minimum absolute atomic E-state index is 0.675. The molecule has 0 aliphatic carbocycles. The number of carbonyl (C=O) groups excluding carboxylic acids is 1. The second-order valence-electron chi connectivity index (χ2n) is 5.03. The predicted octanol–water partition coefficient (Wildman–Crippen LogP) is 3.87. The summed E-state index contributed by atoms with van der Waals surface area (Å²) in [6, 6.07) is 18.6. The van der Waals surface area contributed by atoms with E-state index in [1.807, 2.05) is 24.4 Å². The quantitative estimate of drug-likeness (QED) is 0.617. The van der Waals surface area contributed by atoms with Crippen LogP contribution in [0.15, 0.2) is 59.6 Å². The van der Waals surface area contributed by atoms with Gasteiger partial charge in [-0.1, -0.05) is 54.6 Å². The molecule has 0 aromatic heterocycles. The highest BCUT2D eigenvalue weighted by Gasteiger charge is 2.01. The highest BCUT2D eigenvalue weighted by Crippen LogP contribution is 2.10. The summed E-state index contributed by atoms with van der Waals surface area (Å²) in [4.78, 5) is 14.2. The Morgan fingerprint density at radius 1 is 1.00 bits per heavy atom. The molecule has 2 nitrogen and oxygen atoms in total. The zero-order chi connectivity index (χ0) is 14.8. The zero-order valence-electron chi connectivity index (χ0n) is 12.2.